The molecule has 0 bridgehead atoms. The number of nitrogens with zero attached hydrogens (tertiary/aromatic N) is 4. The molecule has 1 aliphatic heterocycles. The lowest BCUT2D eigenvalue weighted by molar-refractivity contribution is -0.135. The molecule has 0 saturated carbocycles. The average Bonchev–Trinajstić information content (AvgIpc) is 3.30. The molecule has 0 N–H and O–H groups in total. The van der Waals surface area contributed by atoms with Crippen LogP contribution in [-0.4, -0.2) is 46.8 Å². The molecule has 1 aromatic carbocycles. The van der Waals surface area contributed by atoms with Gasteiger partial charge in [0.1, 0.15) is 11.7 Å². The first-order chi connectivity index (χ1) is 14.5. The van der Waals surface area contributed by atoms with E-state index in [4.69, 9.17) is 27.6 Å². The molecule has 1 saturated heterocycles. The van der Waals surface area contributed by atoms with Crippen molar-refractivity contribution in [3.63, 3.8) is 0 Å². The predicted molar refractivity (Wildman–Crippen MR) is 116 cm³/mol. The van der Waals surface area contributed by atoms with E-state index in [1.807, 2.05) is 12.1 Å². The van der Waals surface area contributed by atoms with E-state index in [2.05, 4.69) is 10.00 Å². The maximum absolute atomic E-state index is 13.0. The molecule has 1 unspecified atom stereocenters. The lowest BCUT2D eigenvalue weighted by Crippen LogP contribution is -2.51. The van der Waals surface area contributed by atoms with Gasteiger partial charge in [-0.3, -0.25) is 9.59 Å². The van der Waals surface area contributed by atoms with Crippen LogP contribution in [0.4, 0.5) is 5.69 Å². The van der Waals surface area contributed by atoms with E-state index in [0.717, 1.165) is 5.69 Å². The Balaban J connectivity index is 1.47. The molecule has 1 fully saturated rings. The quantitative estimate of drug-likeness (QED) is 0.610. The van der Waals surface area contributed by atoms with Crippen LogP contribution >= 0.6 is 23.2 Å². The van der Waals surface area contributed by atoms with Crippen LogP contribution < -0.4 is 10.5 Å². The molecule has 3 aromatic rings. The predicted octanol–water partition coefficient (Wildman–Crippen LogP) is 3.72. The Morgan fingerprint density at radius 1 is 1.07 bits per heavy atom. The number of rotatable bonds is 4. The van der Waals surface area contributed by atoms with Crippen LogP contribution in [0.2, 0.25) is 10.0 Å². The van der Waals surface area contributed by atoms with Gasteiger partial charge in [-0.05, 0) is 37.3 Å². The fourth-order valence-corrected chi connectivity index (χ4v) is 3.95. The van der Waals surface area contributed by atoms with Gasteiger partial charge in [0.05, 0.1) is 22.0 Å². The molecule has 30 heavy (non-hydrogen) atoms. The number of benzene rings is 1. The molecular weight excluding hydrogens is 427 g/mol. The summed E-state index contributed by atoms with van der Waals surface area (Å²) in [5, 5.41) is 5.35. The minimum Gasteiger partial charge on any atom is -0.463 e. The smallest absolute Gasteiger partial charge is 0.267 e. The molecule has 156 valence electrons. The molecule has 0 aliphatic carbocycles. The Labute approximate surface area is 183 Å². The summed E-state index contributed by atoms with van der Waals surface area (Å²) in [5.74, 6) is 0.383. The molecule has 0 spiro atoms. The van der Waals surface area contributed by atoms with Crippen LogP contribution in [0.5, 0.6) is 0 Å². The molecule has 1 atom stereocenters. The highest BCUT2D eigenvalue weighted by Gasteiger charge is 2.28. The number of amides is 1. The van der Waals surface area contributed by atoms with Gasteiger partial charge < -0.3 is 14.2 Å². The van der Waals surface area contributed by atoms with Gasteiger partial charge in [-0.2, -0.15) is 5.10 Å². The number of piperazine rings is 1. The van der Waals surface area contributed by atoms with Crippen LogP contribution in [0.25, 0.3) is 11.5 Å². The Bertz CT molecular complexity index is 1110. The van der Waals surface area contributed by atoms with Crippen LogP contribution in [0.15, 0.2) is 57.9 Å². The second kappa shape index (κ2) is 8.53. The van der Waals surface area contributed by atoms with Gasteiger partial charge in [0.25, 0.3) is 5.56 Å². The maximum atomic E-state index is 13.0. The largest absolute Gasteiger partial charge is 0.463 e. The number of carbonyl (C=O) groups is 1. The Morgan fingerprint density at radius 3 is 2.53 bits per heavy atom. The van der Waals surface area contributed by atoms with Crippen LogP contribution in [0.3, 0.4) is 0 Å². The summed E-state index contributed by atoms with van der Waals surface area (Å²) >= 11 is 12.4. The minimum atomic E-state index is -0.728. The molecule has 2 aromatic heterocycles. The fourth-order valence-electron chi connectivity index (χ4n) is 3.53. The van der Waals surface area contributed by atoms with Crippen molar-refractivity contribution >= 4 is 34.8 Å². The SMILES string of the molecule is CC(C(=O)N1CCN(c2cccc(Cl)c2Cl)CC1)n1nc(-c2ccco2)ccc1=O. The third kappa shape index (κ3) is 3.95. The zero-order chi connectivity index (χ0) is 21.3. The van der Waals surface area contributed by atoms with E-state index in [9.17, 15) is 9.59 Å². The third-order valence-corrected chi connectivity index (χ3v) is 6.00. The van der Waals surface area contributed by atoms with Crippen molar-refractivity contribution in [1.82, 2.24) is 14.7 Å². The lowest BCUT2D eigenvalue weighted by atomic mass is 10.2. The van der Waals surface area contributed by atoms with Gasteiger partial charge in [-0.25, -0.2) is 4.68 Å². The molecule has 0 radical (unpaired) electrons. The van der Waals surface area contributed by atoms with Crippen molar-refractivity contribution in [2.24, 2.45) is 0 Å². The first kappa shape index (κ1) is 20.5. The first-order valence-electron chi connectivity index (χ1n) is 9.57. The summed E-state index contributed by atoms with van der Waals surface area (Å²) in [7, 11) is 0. The zero-order valence-electron chi connectivity index (χ0n) is 16.3. The summed E-state index contributed by atoms with van der Waals surface area (Å²) in [5.41, 5.74) is 1.02. The standard InChI is InChI=1S/C21H20Cl2N4O3/c1-14(27-19(28)8-7-16(24-27)18-6-3-13-30-18)21(29)26-11-9-25(10-12-26)17-5-2-4-15(22)20(17)23/h2-8,13-14H,9-12H2,1H3. The van der Waals surface area contributed by atoms with E-state index in [0.29, 0.717) is 47.7 Å². The normalized spacial score (nSPS) is 15.3. The number of carbonyl (C=O) groups excluding carboxylic acids is 1. The van der Waals surface area contributed by atoms with Gasteiger partial charge in [-0.15, -0.1) is 0 Å². The molecule has 9 heteroatoms. The van der Waals surface area contributed by atoms with Crippen LogP contribution in [-0.2, 0) is 4.79 Å². The minimum absolute atomic E-state index is 0.155. The molecule has 1 amide bonds. The van der Waals surface area contributed by atoms with Crippen molar-refractivity contribution < 1.29 is 9.21 Å². The number of halogens is 2. The molecule has 1 aliphatic rings. The van der Waals surface area contributed by atoms with Crippen molar-refractivity contribution in [2.75, 3.05) is 31.1 Å². The fraction of sp³-hybridized carbons (Fsp3) is 0.286. The summed E-state index contributed by atoms with van der Waals surface area (Å²) in [6.07, 6.45) is 1.53. The number of hydrogen-bond donors (Lipinski definition) is 0. The number of furan rings is 1. The summed E-state index contributed by atoms with van der Waals surface area (Å²) in [4.78, 5) is 29.2. The maximum Gasteiger partial charge on any atom is 0.267 e. The highest BCUT2D eigenvalue weighted by atomic mass is 35.5. The summed E-state index contributed by atoms with van der Waals surface area (Å²) in [6, 6.07) is 11.3. The van der Waals surface area contributed by atoms with Crippen molar-refractivity contribution in [3.05, 3.63) is 69.1 Å². The van der Waals surface area contributed by atoms with Gasteiger partial charge in [0.15, 0.2) is 5.76 Å². The Hall–Kier alpha value is -2.77. The van der Waals surface area contributed by atoms with E-state index in [-0.39, 0.29) is 11.5 Å². The number of hydrogen-bond acceptors (Lipinski definition) is 5. The molecule has 4 rings (SSSR count). The van der Waals surface area contributed by atoms with Crippen LogP contribution in [0.1, 0.15) is 13.0 Å². The highest BCUT2D eigenvalue weighted by molar-refractivity contribution is 6.43. The second-order valence-electron chi connectivity index (χ2n) is 7.04. The lowest BCUT2D eigenvalue weighted by Gasteiger charge is -2.37. The third-order valence-electron chi connectivity index (χ3n) is 5.19. The molecule has 7 nitrogen and oxygen atoms in total. The van der Waals surface area contributed by atoms with E-state index >= 15 is 0 Å². The number of aromatic nitrogens is 2. The Morgan fingerprint density at radius 2 is 1.83 bits per heavy atom. The summed E-state index contributed by atoms with van der Waals surface area (Å²) in [6.45, 7) is 3.95. The Kier molecular flexibility index (Phi) is 5.83. The van der Waals surface area contributed by atoms with Gasteiger partial charge in [-0.1, -0.05) is 29.3 Å². The van der Waals surface area contributed by atoms with Gasteiger partial charge in [0.2, 0.25) is 5.91 Å². The highest BCUT2D eigenvalue weighted by Crippen LogP contribution is 2.33. The second-order valence-corrected chi connectivity index (χ2v) is 7.83. The molecular formula is C21H20Cl2N4O3. The monoisotopic (exact) mass is 446 g/mol. The van der Waals surface area contributed by atoms with Gasteiger partial charge >= 0.3 is 0 Å². The van der Waals surface area contributed by atoms with E-state index in [1.54, 1.807) is 36.1 Å². The average molecular weight is 447 g/mol. The van der Waals surface area contributed by atoms with Crippen LogP contribution in [0, 0.1) is 0 Å². The van der Waals surface area contributed by atoms with E-state index < -0.39 is 6.04 Å². The summed E-state index contributed by atoms with van der Waals surface area (Å²) < 4.78 is 6.55. The number of anilines is 1. The van der Waals surface area contributed by atoms with Crippen molar-refractivity contribution in [2.45, 2.75) is 13.0 Å². The topological polar surface area (TPSA) is 71.6 Å². The van der Waals surface area contributed by atoms with Gasteiger partial charge in [0, 0.05) is 32.2 Å². The van der Waals surface area contributed by atoms with Crippen molar-refractivity contribution in [1.29, 1.82) is 0 Å². The van der Waals surface area contributed by atoms with Crippen molar-refractivity contribution in [3.8, 4) is 11.5 Å². The molecule has 3 heterocycles. The first-order valence-corrected chi connectivity index (χ1v) is 10.3. The van der Waals surface area contributed by atoms with E-state index in [1.165, 1.54) is 17.0 Å². The zero-order valence-corrected chi connectivity index (χ0v) is 17.8.